The van der Waals surface area contributed by atoms with E-state index in [4.69, 9.17) is 9.47 Å². The Morgan fingerprint density at radius 2 is 1.81 bits per heavy atom. The number of rotatable bonds is 3. The molecule has 0 atom stereocenters. The molecule has 0 bridgehead atoms. The zero-order valence-corrected chi connectivity index (χ0v) is 9.62. The van der Waals surface area contributed by atoms with Crippen molar-refractivity contribution < 1.29 is 9.47 Å². The van der Waals surface area contributed by atoms with Crippen molar-refractivity contribution >= 4 is 11.5 Å². The third kappa shape index (κ3) is 2.45. The van der Waals surface area contributed by atoms with E-state index in [2.05, 4.69) is 10.3 Å². The second kappa shape index (κ2) is 4.88. The number of ether oxygens (including phenoxy) is 2. The first-order valence-electron chi connectivity index (χ1n) is 5.35. The summed E-state index contributed by atoms with van der Waals surface area (Å²) in [6.07, 6.45) is 2.14. The van der Waals surface area contributed by atoms with E-state index in [1.807, 2.05) is 18.2 Å². The highest BCUT2D eigenvalue weighted by Crippen LogP contribution is 2.26. The van der Waals surface area contributed by atoms with E-state index >= 15 is 0 Å². The SMILES string of the molecule is COc1cc(NC2=NCCC2)cc(OC)c1. The summed E-state index contributed by atoms with van der Waals surface area (Å²) in [6.45, 7) is 0.920. The van der Waals surface area contributed by atoms with Gasteiger partial charge in [0.05, 0.1) is 14.2 Å². The Morgan fingerprint density at radius 3 is 2.31 bits per heavy atom. The van der Waals surface area contributed by atoms with Crippen LogP contribution >= 0.6 is 0 Å². The highest BCUT2D eigenvalue weighted by molar-refractivity contribution is 5.96. The Hall–Kier alpha value is -1.71. The minimum Gasteiger partial charge on any atom is -0.497 e. The van der Waals surface area contributed by atoms with Crippen molar-refractivity contribution in [1.82, 2.24) is 0 Å². The van der Waals surface area contributed by atoms with Gasteiger partial charge in [0.1, 0.15) is 17.3 Å². The molecule has 1 aliphatic heterocycles. The molecule has 0 saturated heterocycles. The zero-order valence-electron chi connectivity index (χ0n) is 9.62. The summed E-state index contributed by atoms with van der Waals surface area (Å²) in [7, 11) is 3.29. The summed E-state index contributed by atoms with van der Waals surface area (Å²) in [5.41, 5.74) is 0.955. The molecule has 0 spiro atoms. The molecule has 2 rings (SSSR count). The van der Waals surface area contributed by atoms with Gasteiger partial charge in [-0.2, -0.15) is 0 Å². The summed E-state index contributed by atoms with van der Waals surface area (Å²) < 4.78 is 10.4. The summed E-state index contributed by atoms with van der Waals surface area (Å²) in [6, 6.07) is 5.72. The van der Waals surface area contributed by atoms with Crippen molar-refractivity contribution in [3.8, 4) is 11.5 Å². The van der Waals surface area contributed by atoms with E-state index in [1.165, 1.54) is 0 Å². The molecule has 4 heteroatoms. The van der Waals surface area contributed by atoms with E-state index in [-0.39, 0.29) is 0 Å². The monoisotopic (exact) mass is 220 g/mol. The van der Waals surface area contributed by atoms with Crippen LogP contribution in [0.2, 0.25) is 0 Å². The van der Waals surface area contributed by atoms with Crippen LogP contribution in [0.1, 0.15) is 12.8 Å². The smallest absolute Gasteiger partial charge is 0.124 e. The van der Waals surface area contributed by atoms with Crippen LogP contribution in [-0.2, 0) is 0 Å². The van der Waals surface area contributed by atoms with E-state index < -0.39 is 0 Å². The molecule has 1 N–H and O–H groups in total. The second-order valence-electron chi connectivity index (χ2n) is 3.66. The van der Waals surface area contributed by atoms with Crippen LogP contribution in [-0.4, -0.2) is 26.6 Å². The molecule has 0 amide bonds. The van der Waals surface area contributed by atoms with Crippen molar-refractivity contribution in [3.63, 3.8) is 0 Å². The van der Waals surface area contributed by atoms with Gasteiger partial charge < -0.3 is 14.8 Å². The van der Waals surface area contributed by atoms with Gasteiger partial charge in [-0.3, -0.25) is 4.99 Å². The molecular weight excluding hydrogens is 204 g/mol. The number of nitrogens with zero attached hydrogens (tertiary/aromatic N) is 1. The maximum Gasteiger partial charge on any atom is 0.124 e. The molecule has 1 aliphatic rings. The lowest BCUT2D eigenvalue weighted by Crippen LogP contribution is -2.08. The van der Waals surface area contributed by atoms with Crippen LogP contribution in [0.15, 0.2) is 23.2 Å². The third-order valence-corrected chi connectivity index (χ3v) is 2.51. The van der Waals surface area contributed by atoms with Crippen molar-refractivity contribution in [3.05, 3.63) is 18.2 Å². The summed E-state index contributed by atoms with van der Waals surface area (Å²) in [4.78, 5) is 4.37. The first-order valence-corrected chi connectivity index (χ1v) is 5.35. The van der Waals surface area contributed by atoms with Gasteiger partial charge >= 0.3 is 0 Å². The fourth-order valence-electron chi connectivity index (χ4n) is 1.69. The first kappa shape index (κ1) is 10.8. The van der Waals surface area contributed by atoms with Crippen molar-refractivity contribution in [2.45, 2.75) is 12.8 Å². The number of aliphatic imine (C=N–C) groups is 1. The van der Waals surface area contributed by atoms with Crippen molar-refractivity contribution in [2.75, 3.05) is 26.1 Å². The van der Waals surface area contributed by atoms with Crippen LogP contribution in [0.25, 0.3) is 0 Å². The van der Waals surface area contributed by atoms with Crippen LogP contribution in [0.4, 0.5) is 5.69 Å². The topological polar surface area (TPSA) is 42.8 Å². The Balaban J connectivity index is 2.18. The highest BCUT2D eigenvalue weighted by atomic mass is 16.5. The molecule has 16 heavy (non-hydrogen) atoms. The normalized spacial score (nSPS) is 14.5. The molecular formula is C12H16N2O2. The number of benzene rings is 1. The predicted octanol–water partition coefficient (Wildman–Crippen LogP) is 2.31. The lowest BCUT2D eigenvalue weighted by molar-refractivity contribution is 0.395. The van der Waals surface area contributed by atoms with Gasteiger partial charge in [-0.05, 0) is 6.42 Å². The van der Waals surface area contributed by atoms with Gasteiger partial charge in [0.2, 0.25) is 0 Å². The van der Waals surface area contributed by atoms with Crippen LogP contribution in [0.3, 0.4) is 0 Å². The average molecular weight is 220 g/mol. The largest absolute Gasteiger partial charge is 0.497 e. The number of hydrogen-bond acceptors (Lipinski definition) is 4. The molecule has 0 aliphatic carbocycles. The molecule has 1 heterocycles. The zero-order chi connectivity index (χ0) is 11.4. The summed E-state index contributed by atoms with van der Waals surface area (Å²) in [5, 5.41) is 3.28. The van der Waals surface area contributed by atoms with Gasteiger partial charge in [0.15, 0.2) is 0 Å². The maximum absolute atomic E-state index is 5.20. The van der Waals surface area contributed by atoms with Crippen LogP contribution in [0, 0.1) is 0 Å². The highest BCUT2D eigenvalue weighted by Gasteiger charge is 2.08. The minimum absolute atomic E-state index is 0.778. The van der Waals surface area contributed by atoms with E-state index in [1.54, 1.807) is 14.2 Å². The number of nitrogens with one attached hydrogen (secondary N) is 1. The van der Waals surface area contributed by atoms with Gasteiger partial charge in [-0.15, -0.1) is 0 Å². The Morgan fingerprint density at radius 1 is 1.12 bits per heavy atom. The molecule has 0 aromatic heterocycles. The number of hydrogen-bond donors (Lipinski definition) is 1. The molecule has 1 aromatic rings. The second-order valence-corrected chi connectivity index (χ2v) is 3.66. The van der Waals surface area contributed by atoms with Gasteiger partial charge in [-0.25, -0.2) is 0 Å². The summed E-state index contributed by atoms with van der Waals surface area (Å²) in [5.74, 6) is 2.59. The Bertz CT molecular complexity index is 380. The fourth-order valence-corrected chi connectivity index (χ4v) is 1.69. The Kier molecular flexibility index (Phi) is 3.29. The standard InChI is InChI=1S/C12H16N2O2/c1-15-10-6-9(7-11(8-10)16-2)14-12-4-3-5-13-12/h6-8H,3-5H2,1-2H3,(H,13,14). The molecule has 0 radical (unpaired) electrons. The average Bonchev–Trinajstić information content (AvgIpc) is 2.81. The number of amidine groups is 1. The number of methoxy groups -OCH3 is 2. The van der Waals surface area contributed by atoms with Crippen molar-refractivity contribution in [1.29, 1.82) is 0 Å². The fraction of sp³-hybridized carbons (Fsp3) is 0.417. The number of anilines is 1. The van der Waals surface area contributed by atoms with Gasteiger partial charge in [0, 0.05) is 36.9 Å². The van der Waals surface area contributed by atoms with Gasteiger partial charge in [0.25, 0.3) is 0 Å². The molecule has 0 fully saturated rings. The van der Waals surface area contributed by atoms with Gasteiger partial charge in [-0.1, -0.05) is 0 Å². The van der Waals surface area contributed by atoms with Crippen molar-refractivity contribution in [2.24, 2.45) is 4.99 Å². The van der Waals surface area contributed by atoms with E-state index in [0.717, 1.165) is 42.4 Å². The minimum atomic E-state index is 0.778. The lowest BCUT2D eigenvalue weighted by atomic mass is 10.2. The predicted molar refractivity (Wildman–Crippen MR) is 64.7 cm³/mol. The van der Waals surface area contributed by atoms with E-state index in [9.17, 15) is 0 Å². The van der Waals surface area contributed by atoms with E-state index in [0.29, 0.717) is 0 Å². The molecule has 1 aromatic carbocycles. The van der Waals surface area contributed by atoms with Crippen LogP contribution in [0.5, 0.6) is 11.5 Å². The molecule has 0 saturated carbocycles. The quantitative estimate of drug-likeness (QED) is 0.850. The molecule has 86 valence electrons. The lowest BCUT2D eigenvalue weighted by Gasteiger charge is -2.10. The molecule has 0 unspecified atom stereocenters. The third-order valence-electron chi connectivity index (χ3n) is 2.51. The van der Waals surface area contributed by atoms with Crippen LogP contribution < -0.4 is 14.8 Å². The maximum atomic E-state index is 5.20. The summed E-state index contributed by atoms with van der Waals surface area (Å²) >= 11 is 0. The molecule has 4 nitrogen and oxygen atoms in total. The first-order chi connectivity index (χ1) is 7.81. The Labute approximate surface area is 95.3 Å².